The highest BCUT2D eigenvalue weighted by Gasteiger charge is 2.64. The molecule has 8 unspecified atom stereocenters. The highest BCUT2D eigenvalue weighted by Crippen LogP contribution is 2.66. The Kier molecular flexibility index (Phi) is 7.89. The first-order valence-electron chi connectivity index (χ1n) is 16.8. The van der Waals surface area contributed by atoms with Crippen LogP contribution in [-0.2, 0) is 24.7 Å². The lowest BCUT2D eigenvalue weighted by molar-refractivity contribution is -0.177. The zero-order chi connectivity index (χ0) is 32.1. The molecule has 7 rings (SSSR count). The van der Waals surface area contributed by atoms with Gasteiger partial charge in [-0.15, -0.1) is 0 Å². The summed E-state index contributed by atoms with van der Waals surface area (Å²) in [5, 5.41) is 11.8. The molecule has 8 atom stereocenters. The smallest absolute Gasteiger partial charge is 0.332 e. The number of rotatable bonds is 7. The van der Waals surface area contributed by atoms with E-state index in [2.05, 4.69) is 20.8 Å². The molecule has 3 aromatic rings. The highest BCUT2D eigenvalue weighted by atomic mass is 16.6. The molecule has 0 bridgehead atoms. The Morgan fingerprint density at radius 1 is 0.913 bits per heavy atom. The number of aliphatic hydroxyl groups is 1. The quantitative estimate of drug-likeness (QED) is 0.221. The third kappa shape index (κ3) is 4.91. The molecule has 0 heterocycles. The summed E-state index contributed by atoms with van der Waals surface area (Å²) in [5.41, 5.74) is 2.26. The predicted molar refractivity (Wildman–Crippen MR) is 178 cm³/mol. The predicted octanol–water partition coefficient (Wildman–Crippen LogP) is 7.43. The SMILES string of the molecule is CC1CC2C3CCC4=CC(=O)C=CC4(C)C3C(O)CC2(C)C1OC(=O)COC(c1ccccc1)(c1ccccc1)c1ccccc1. The van der Waals surface area contributed by atoms with Crippen molar-refractivity contribution in [2.45, 2.75) is 64.3 Å². The number of hydrogen-bond donors (Lipinski definition) is 1. The fraction of sp³-hybridized carbons (Fsp3) is 0.415. The zero-order valence-electron chi connectivity index (χ0n) is 27.0. The largest absolute Gasteiger partial charge is 0.460 e. The summed E-state index contributed by atoms with van der Waals surface area (Å²) in [5.74, 6) is 0.454. The lowest BCUT2D eigenvalue weighted by Crippen LogP contribution is -2.57. The number of carbonyl (C=O) groups is 2. The van der Waals surface area contributed by atoms with E-state index in [1.54, 1.807) is 12.2 Å². The van der Waals surface area contributed by atoms with Crippen LogP contribution in [-0.4, -0.2) is 35.7 Å². The van der Waals surface area contributed by atoms with Gasteiger partial charge in [-0.3, -0.25) is 4.79 Å². The van der Waals surface area contributed by atoms with E-state index < -0.39 is 17.7 Å². The Hall–Kier alpha value is -3.80. The number of carbonyl (C=O) groups excluding carboxylic acids is 2. The van der Waals surface area contributed by atoms with Gasteiger partial charge in [-0.1, -0.05) is 123 Å². The molecular formula is C41H44O5. The Morgan fingerprint density at radius 3 is 2.04 bits per heavy atom. The molecule has 3 saturated carbocycles. The van der Waals surface area contributed by atoms with Crippen LogP contribution in [0.25, 0.3) is 0 Å². The van der Waals surface area contributed by atoms with Crippen LogP contribution in [0.2, 0.25) is 0 Å². The molecule has 0 amide bonds. The maximum absolute atomic E-state index is 13.9. The molecule has 5 heteroatoms. The highest BCUT2D eigenvalue weighted by molar-refractivity contribution is 6.01. The molecule has 3 aromatic carbocycles. The maximum Gasteiger partial charge on any atom is 0.332 e. The minimum Gasteiger partial charge on any atom is -0.460 e. The Labute approximate surface area is 272 Å². The molecule has 0 aliphatic heterocycles. The third-order valence-corrected chi connectivity index (χ3v) is 11.9. The van der Waals surface area contributed by atoms with E-state index in [0.717, 1.165) is 41.5 Å². The van der Waals surface area contributed by atoms with Gasteiger partial charge in [0.1, 0.15) is 18.3 Å². The van der Waals surface area contributed by atoms with Gasteiger partial charge in [-0.2, -0.15) is 0 Å². The molecule has 4 aliphatic carbocycles. The van der Waals surface area contributed by atoms with Gasteiger partial charge in [0.15, 0.2) is 5.78 Å². The van der Waals surface area contributed by atoms with Crippen molar-refractivity contribution < 1.29 is 24.2 Å². The first kappa shape index (κ1) is 30.8. The van der Waals surface area contributed by atoms with Gasteiger partial charge in [0.25, 0.3) is 0 Å². The maximum atomic E-state index is 13.9. The van der Waals surface area contributed by atoms with Gasteiger partial charge in [0.2, 0.25) is 0 Å². The number of fused-ring (bicyclic) bond motifs is 5. The standard InChI is InChI=1S/C41H44O5/c1-27-23-34-33-20-19-31-24-32(42)21-22-39(31,2)37(33)35(43)25-40(34,3)38(27)46-36(44)26-45-41(28-13-7-4-8-14-28,29-15-9-5-10-16-29)30-17-11-6-12-18-30/h4-18,21-22,24,27,33-35,37-38,43H,19-20,23,25-26H2,1-3H3. The fourth-order valence-corrected chi connectivity index (χ4v) is 10.0. The topological polar surface area (TPSA) is 72.8 Å². The van der Waals surface area contributed by atoms with E-state index >= 15 is 0 Å². The number of aliphatic hydroxyl groups excluding tert-OH is 1. The number of ketones is 1. The van der Waals surface area contributed by atoms with E-state index in [9.17, 15) is 14.7 Å². The average Bonchev–Trinajstić information content (AvgIpc) is 3.31. The Balaban J connectivity index is 1.15. The fourth-order valence-electron chi connectivity index (χ4n) is 10.0. The molecule has 46 heavy (non-hydrogen) atoms. The van der Waals surface area contributed by atoms with E-state index in [-0.39, 0.29) is 47.1 Å². The van der Waals surface area contributed by atoms with Gasteiger partial charge in [0.05, 0.1) is 6.10 Å². The van der Waals surface area contributed by atoms with Crippen molar-refractivity contribution in [2.75, 3.05) is 6.61 Å². The van der Waals surface area contributed by atoms with Crippen molar-refractivity contribution >= 4 is 11.8 Å². The molecule has 1 N–H and O–H groups in total. The van der Waals surface area contributed by atoms with E-state index in [4.69, 9.17) is 9.47 Å². The number of ether oxygens (including phenoxy) is 2. The van der Waals surface area contributed by atoms with Crippen LogP contribution in [0.15, 0.2) is 115 Å². The molecule has 0 radical (unpaired) electrons. The van der Waals surface area contributed by atoms with Gasteiger partial charge in [-0.25, -0.2) is 4.79 Å². The second-order valence-corrected chi connectivity index (χ2v) is 14.5. The first-order chi connectivity index (χ1) is 22.2. The molecule has 4 aliphatic rings. The minimum atomic E-state index is -1.01. The van der Waals surface area contributed by atoms with Gasteiger partial charge in [0, 0.05) is 16.7 Å². The van der Waals surface area contributed by atoms with Crippen molar-refractivity contribution in [1.29, 1.82) is 0 Å². The van der Waals surface area contributed by atoms with Crippen molar-refractivity contribution in [3.63, 3.8) is 0 Å². The van der Waals surface area contributed by atoms with E-state index in [0.29, 0.717) is 12.3 Å². The van der Waals surface area contributed by atoms with Crippen LogP contribution in [0, 0.1) is 34.5 Å². The third-order valence-electron chi connectivity index (χ3n) is 11.9. The van der Waals surface area contributed by atoms with Crippen LogP contribution < -0.4 is 0 Å². The van der Waals surface area contributed by atoms with Gasteiger partial charge in [-0.05, 0) is 72.3 Å². The van der Waals surface area contributed by atoms with Crippen LogP contribution in [0.1, 0.15) is 63.1 Å². The molecule has 5 nitrogen and oxygen atoms in total. The van der Waals surface area contributed by atoms with Crippen molar-refractivity contribution in [3.05, 3.63) is 131 Å². The molecule has 0 spiro atoms. The van der Waals surface area contributed by atoms with Crippen molar-refractivity contribution in [2.24, 2.45) is 34.5 Å². The molecule has 0 aromatic heterocycles. The van der Waals surface area contributed by atoms with Crippen LogP contribution in [0.4, 0.5) is 0 Å². The van der Waals surface area contributed by atoms with Crippen molar-refractivity contribution in [3.8, 4) is 0 Å². The Bertz CT molecular complexity index is 1550. The number of benzene rings is 3. The van der Waals surface area contributed by atoms with Crippen LogP contribution in [0.5, 0.6) is 0 Å². The normalized spacial score (nSPS) is 33.4. The summed E-state index contributed by atoms with van der Waals surface area (Å²) < 4.78 is 13.2. The molecule has 238 valence electrons. The minimum absolute atomic E-state index is 0.0422. The molecule has 0 saturated heterocycles. The van der Waals surface area contributed by atoms with E-state index in [1.165, 1.54) is 0 Å². The first-order valence-corrected chi connectivity index (χ1v) is 16.8. The average molecular weight is 617 g/mol. The lowest BCUT2D eigenvalue weighted by atomic mass is 9.47. The second-order valence-electron chi connectivity index (χ2n) is 14.5. The molecule has 3 fully saturated rings. The number of hydrogen-bond acceptors (Lipinski definition) is 5. The summed E-state index contributed by atoms with van der Waals surface area (Å²) in [4.78, 5) is 26.1. The van der Waals surface area contributed by atoms with Gasteiger partial charge < -0.3 is 14.6 Å². The van der Waals surface area contributed by atoms with Crippen molar-refractivity contribution in [1.82, 2.24) is 0 Å². The van der Waals surface area contributed by atoms with E-state index in [1.807, 2.05) is 97.1 Å². The number of esters is 1. The summed E-state index contributed by atoms with van der Waals surface area (Å²) in [7, 11) is 0. The summed E-state index contributed by atoms with van der Waals surface area (Å²) >= 11 is 0. The van der Waals surface area contributed by atoms with Crippen LogP contribution in [0.3, 0.4) is 0 Å². The zero-order valence-corrected chi connectivity index (χ0v) is 27.0. The van der Waals surface area contributed by atoms with Crippen LogP contribution >= 0.6 is 0 Å². The Morgan fingerprint density at radius 2 is 1.48 bits per heavy atom. The number of allylic oxidation sites excluding steroid dienone is 4. The summed E-state index contributed by atoms with van der Waals surface area (Å²) in [6.07, 6.45) is 7.94. The summed E-state index contributed by atoms with van der Waals surface area (Å²) in [6, 6.07) is 30.1. The lowest BCUT2D eigenvalue weighted by Gasteiger charge is -2.58. The monoisotopic (exact) mass is 616 g/mol. The molecular weight excluding hydrogens is 572 g/mol. The second kappa shape index (κ2) is 11.8. The van der Waals surface area contributed by atoms with Gasteiger partial charge >= 0.3 is 5.97 Å². The summed E-state index contributed by atoms with van der Waals surface area (Å²) in [6.45, 7) is 6.37.